The Bertz CT molecular complexity index is 610. The molecule has 0 unspecified atom stereocenters. The van der Waals surface area contributed by atoms with Crippen LogP contribution in [0, 0.1) is 12.8 Å². The number of nitrogens with zero attached hydrogens (tertiary/aromatic N) is 2. The number of ether oxygens (including phenoxy) is 1. The Labute approximate surface area is 143 Å². The monoisotopic (exact) mass is 333 g/mol. The molecule has 6 nitrogen and oxygen atoms in total. The predicted molar refractivity (Wildman–Crippen MR) is 92.7 cm³/mol. The fourth-order valence-corrected chi connectivity index (χ4v) is 2.89. The van der Waals surface area contributed by atoms with Gasteiger partial charge in [0.1, 0.15) is 5.60 Å². The van der Waals surface area contributed by atoms with Gasteiger partial charge in [0, 0.05) is 18.8 Å². The minimum Gasteiger partial charge on any atom is -0.444 e. The van der Waals surface area contributed by atoms with Crippen molar-refractivity contribution < 1.29 is 14.3 Å². The lowest BCUT2D eigenvalue weighted by molar-refractivity contribution is -0.123. The average molecular weight is 333 g/mol. The molecule has 0 aromatic carbocycles. The molecule has 132 valence electrons. The van der Waals surface area contributed by atoms with Crippen molar-refractivity contribution in [3.05, 3.63) is 24.0 Å². The van der Waals surface area contributed by atoms with Crippen LogP contribution in [0.2, 0.25) is 0 Å². The van der Waals surface area contributed by atoms with E-state index in [1.54, 1.807) is 17.3 Å². The highest BCUT2D eigenvalue weighted by Crippen LogP contribution is 2.27. The van der Waals surface area contributed by atoms with Gasteiger partial charge in [-0.15, -0.1) is 0 Å². The van der Waals surface area contributed by atoms with Crippen LogP contribution in [0.1, 0.15) is 46.1 Å². The number of amides is 2. The SMILES string of the molecule is Cc1ccncc1NC(=O)[C@H]1CCCN(C(=O)OC(C)(C)C)[C@@H]1C. The molecule has 1 aliphatic rings. The molecule has 2 heterocycles. The highest BCUT2D eigenvalue weighted by molar-refractivity contribution is 5.93. The van der Waals surface area contributed by atoms with Crippen LogP contribution >= 0.6 is 0 Å². The van der Waals surface area contributed by atoms with Crippen LogP contribution in [-0.2, 0) is 9.53 Å². The summed E-state index contributed by atoms with van der Waals surface area (Å²) in [5.41, 5.74) is 1.13. The summed E-state index contributed by atoms with van der Waals surface area (Å²) < 4.78 is 5.46. The molecule has 1 saturated heterocycles. The van der Waals surface area contributed by atoms with Crippen LogP contribution in [0.25, 0.3) is 0 Å². The van der Waals surface area contributed by atoms with Gasteiger partial charge in [-0.25, -0.2) is 4.79 Å². The molecule has 0 radical (unpaired) electrons. The Morgan fingerprint density at radius 2 is 2.08 bits per heavy atom. The average Bonchev–Trinajstić information content (AvgIpc) is 2.48. The molecule has 1 fully saturated rings. The smallest absolute Gasteiger partial charge is 0.410 e. The highest BCUT2D eigenvalue weighted by Gasteiger charge is 2.37. The molecule has 2 rings (SSSR count). The predicted octanol–water partition coefficient (Wildman–Crippen LogP) is 3.36. The van der Waals surface area contributed by atoms with E-state index in [4.69, 9.17) is 4.74 Å². The Balaban J connectivity index is 2.06. The van der Waals surface area contributed by atoms with Crippen molar-refractivity contribution in [2.45, 2.75) is 59.1 Å². The second-order valence-corrected chi connectivity index (χ2v) is 7.34. The van der Waals surface area contributed by atoms with Crippen molar-refractivity contribution in [1.29, 1.82) is 0 Å². The number of hydrogen-bond acceptors (Lipinski definition) is 4. The van der Waals surface area contributed by atoms with E-state index in [1.165, 1.54) is 0 Å². The Morgan fingerprint density at radius 3 is 2.71 bits per heavy atom. The Morgan fingerprint density at radius 1 is 1.38 bits per heavy atom. The minimum absolute atomic E-state index is 0.0770. The summed E-state index contributed by atoms with van der Waals surface area (Å²) in [6, 6.07) is 1.65. The zero-order valence-corrected chi connectivity index (χ0v) is 15.1. The molecule has 0 aliphatic carbocycles. The fraction of sp³-hybridized carbons (Fsp3) is 0.611. The number of aryl methyl sites for hydroxylation is 1. The number of carbonyl (C=O) groups is 2. The fourth-order valence-electron chi connectivity index (χ4n) is 2.89. The standard InChI is InChI=1S/C18H27N3O3/c1-12-8-9-19-11-15(12)20-16(22)14-7-6-10-21(13(14)2)17(23)24-18(3,4)5/h8-9,11,13-14H,6-7,10H2,1-5H3,(H,20,22)/t13-,14+/m1/s1. The molecule has 1 aromatic heterocycles. The number of carbonyl (C=O) groups excluding carboxylic acids is 2. The summed E-state index contributed by atoms with van der Waals surface area (Å²) in [5, 5.41) is 2.94. The zero-order valence-electron chi connectivity index (χ0n) is 15.1. The van der Waals surface area contributed by atoms with E-state index in [2.05, 4.69) is 10.3 Å². The quantitative estimate of drug-likeness (QED) is 0.901. The van der Waals surface area contributed by atoms with Crippen molar-refractivity contribution >= 4 is 17.7 Å². The van der Waals surface area contributed by atoms with Gasteiger partial charge in [-0.05, 0) is 59.1 Å². The molecule has 6 heteroatoms. The van der Waals surface area contributed by atoms with Gasteiger partial charge in [0.25, 0.3) is 0 Å². The molecule has 0 spiro atoms. The van der Waals surface area contributed by atoms with Gasteiger partial charge in [0.2, 0.25) is 5.91 Å². The molecular weight excluding hydrogens is 306 g/mol. The van der Waals surface area contributed by atoms with E-state index < -0.39 is 5.60 Å². The van der Waals surface area contributed by atoms with Crippen molar-refractivity contribution in [3.8, 4) is 0 Å². The van der Waals surface area contributed by atoms with E-state index in [1.807, 2.05) is 40.7 Å². The Kier molecular flexibility index (Phi) is 5.47. The van der Waals surface area contributed by atoms with Crippen molar-refractivity contribution in [2.75, 3.05) is 11.9 Å². The van der Waals surface area contributed by atoms with E-state index in [0.717, 1.165) is 18.4 Å². The van der Waals surface area contributed by atoms with E-state index in [-0.39, 0.29) is 24.0 Å². The zero-order chi connectivity index (χ0) is 17.9. The molecule has 2 amide bonds. The van der Waals surface area contributed by atoms with Crippen LogP contribution in [0.4, 0.5) is 10.5 Å². The van der Waals surface area contributed by atoms with Gasteiger partial charge >= 0.3 is 6.09 Å². The number of nitrogens with one attached hydrogen (secondary N) is 1. The van der Waals surface area contributed by atoms with Gasteiger partial charge in [-0.1, -0.05) is 0 Å². The lowest BCUT2D eigenvalue weighted by atomic mass is 9.89. The number of rotatable bonds is 2. The number of piperidine rings is 1. The maximum Gasteiger partial charge on any atom is 0.410 e. The highest BCUT2D eigenvalue weighted by atomic mass is 16.6. The molecular formula is C18H27N3O3. The maximum absolute atomic E-state index is 12.7. The summed E-state index contributed by atoms with van der Waals surface area (Å²) >= 11 is 0. The first-order valence-electron chi connectivity index (χ1n) is 8.40. The molecule has 1 aromatic rings. The number of pyridine rings is 1. The van der Waals surface area contributed by atoms with E-state index in [9.17, 15) is 9.59 Å². The van der Waals surface area contributed by atoms with Crippen LogP contribution < -0.4 is 5.32 Å². The summed E-state index contributed by atoms with van der Waals surface area (Å²) in [7, 11) is 0. The summed E-state index contributed by atoms with van der Waals surface area (Å²) in [4.78, 5) is 30.7. The van der Waals surface area contributed by atoms with Gasteiger partial charge in [0.15, 0.2) is 0 Å². The number of anilines is 1. The van der Waals surface area contributed by atoms with Crippen LogP contribution in [-0.4, -0.2) is 40.1 Å². The van der Waals surface area contributed by atoms with Gasteiger partial charge in [-0.2, -0.15) is 0 Å². The van der Waals surface area contributed by atoms with Crippen molar-refractivity contribution in [3.63, 3.8) is 0 Å². The molecule has 24 heavy (non-hydrogen) atoms. The second-order valence-electron chi connectivity index (χ2n) is 7.34. The van der Waals surface area contributed by atoms with Gasteiger partial charge in [-0.3, -0.25) is 9.78 Å². The van der Waals surface area contributed by atoms with Crippen LogP contribution in [0.15, 0.2) is 18.5 Å². The number of likely N-dealkylation sites (tertiary alicyclic amines) is 1. The van der Waals surface area contributed by atoms with Crippen LogP contribution in [0.3, 0.4) is 0 Å². The lowest BCUT2D eigenvalue weighted by Gasteiger charge is -2.39. The third-order valence-electron chi connectivity index (χ3n) is 4.25. The lowest BCUT2D eigenvalue weighted by Crippen LogP contribution is -2.51. The van der Waals surface area contributed by atoms with Crippen molar-refractivity contribution in [1.82, 2.24) is 9.88 Å². The first kappa shape index (κ1) is 18.2. The maximum atomic E-state index is 12.7. The first-order chi connectivity index (χ1) is 11.2. The van der Waals surface area contributed by atoms with Gasteiger partial charge in [0.05, 0.1) is 17.8 Å². The normalized spacial score (nSPS) is 21.3. The molecule has 1 aliphatic heterocycles. The first-order valence-corrected chi connectivity index (χ1v) is 8.40. The summed E-state index contributed by atoms with van der Waals surface area (Å²) in [6.07, 6.45) is 4.52. The number of aromatic nitrogens is 1. The summed E-state index contributed by atoms with van der Waals surface area (Å²) in [6.45, 7) is 9.97. The molecule has 0 saturated carbocycles. The second kappa shape index (κ2) is 7.20. The molecule has 2 atom stereocenters. The van der Waals surface area contributed by atoms with Crippen molar-refractivity contribution in [2.24, 2.45) is 5.92 Å². The molecule has 0 bridgehead atoms. The van der Waals surface area contributed by atoms with E-state index in [0.29, 0.717) is 12.2 Å². The van der Waals surface area contributed by atoms with Gasteiger partial charge < -0.3 is 15.0 Å². The third-order valence-corrected chi connectivity index (χ3v) is 4.25. The summed E-state index contributed by atoms with van der Waals surface area (Å²) in [5.74, 6) is -0.335. The number of hydrogen-bond donors (Lipinski definition) is 1. The topological polar surface area (TPSA) is 71.5 Å². The molecule has 1 N–H and O–H groups in total. The largest absolute Gasteiger partial charge is 0.444 e. The van der Waals surface area contributed by atoms with E-state index >= 15 is 0 Å². The Hall–Kier alpha value is -2.11. The third kappa shape index (κ3) is 4.46. The van der Waals surface area contributed by atoms with Crippen LogP contribution in [0.5, 0.6) is 0 Å². The minimum atomic E-state index is -0.543.